The molecule has 0 amide bonds. The van der Waals surface area contributed by atoms with Gasteiger partial charge in [0.25, 0.3) is 10.1 Å². The second-order valence-electron chi connectivity index (χ2n) is 8.69. The van der Waals surface area contributed by atoms with Crippen molar-refractivity contribution in [2.45, 2.75) is 9.79 Å². The van der Waals surface area contributed by atoms with Crippen molar-refractivity contribution in [2.24, 2.45) is 20.5 Å². The molecule has 0 bridgehead atoms. The van der Waals surface area contributed by atoms with Crippen LogP contribution in [0.3, 0.4) is 0 Å². The third-order valence-corrected chi connectivity index (χ3v) is 8.54. The number of rotatable bonds is 9. The monoisotopic (exact) mass is 612 g/mol. The molecule has 0 aromatic heterocycles. The quantitative estimate of drug-likeness (QED) is 0.0884. The number of methoxy groups -OCH3 is 1. The number of sulfone groups is 1. The van der Waals surface area contributed by atoms with Crippen LogP contribution in [0.5, 0.6) is 0 Å². The van der Waals surface area contributed by atoms with Gasteiger partial charge in [0.15, 0.2) is 9.84 Å². The number of nitrogens with zero attached hydrogens (tertiary/aromatic N) is 4. The van der Waals surface area contributed by atoms with Crippen LogP contribution in [0.2, 0.25) is 0 Å². The van der Waals surface area contributed by atoms with Crippen LogP contribution in [0.25, 0.3) is 10.8 Å². The Labute approximate surface area is 240 Å². The van der Waals surface area contributed by atoms with E-state index in [1.165, 1.54) is 37.4 Å². The molecule has 14 nitrogen and oxygen atoms in total. The molecule has 0 atom stereocenters. The van der Waals surface area contributed by atoms with Gasteiger partial charge in [0, 0.05) is 0 Å². The molecule has 0 heterocycles. The molecular formula is C26H24N6O8S2. The third kappa shape index (κ3) is 6.41. The predicted molar refractivity (Wildman–Crippen MR) is 154 cm³/mol. The van der Waals surface area contributed by atoms with Crippen LogP contribution < -0.4 is 11.5 Å². The summed E-state index contributed by atoms with van der Waals surface area (Å²) in [4.78, 5) is 11.4. The van der Waals surface area contributed by atoms with Gasteiger partial charge in [-0.1, -0.05) is 24.3 Å². The highest BCUT2D eigenvalue weighted by molar-refractivity contribution is 7.91. The summed E-state index contributed by atoms with van der Waals surface area (Å²) in [7, 11) is -7.31. The summed E-state index contributed by atoms with van der Waals surface area (Å²) in [6, 6.07) is 16.1. The number of hydrogen-bond donors (Lipinski definition) is 4. The molecule has 42 heavy (non-hydrogen) atoms. The fourth-order valence-corrected chi connectivity index (χ4v) is 5.52. The highest BCUT2D eigenvalue weighted by Gasteiger charge is 2.23. The molecule has 0 unspecified atom stereocenters. The van der Waals surface area contributed by atoms with Gasteiger partial charge in [0.05, 0.1) is 47.0 Å². The minimum atomic E-state index is -4.86. The number of aliphatic hydroxyl groups is 1. The van der Waals surface area contributed by atoms with Crippen molar-refractivity contribution in [3.8, 4) is 0 Å². The fourth-order valence-electron chi connectivity index (χ4n) is 3.83. The lowest BCUT2D eigenvalue weighted by Crippen LogP contribution is -2.09. The first-order chi connectivity index (χ1) is 19.9. The number of fused-ring (bicyclic) bond motifs is 1. The maximum absolute atomic E-state index is 12.3. The van der Waals surface area contributed by atoms with E-state index in [4.69, 9.17) is 21.3 Å². The van der Waals surface area contributed by atoms with Gasteiger partial charge in [-0.05, 0) is 53.2 Å². The first-order valence-electron chi connectivity index (χ1n) is 11.9. The number of azo groups is 2. The lowest BCUT2D eigenvalue weighted by Gasteiger charge is -2.10. The molecule has 4 aromatic carbocycles. The van der Waals surface area contributed by atoms with Crippen molar-refractivity contribution in [1.82, 2.24) is 0 Å². The zero-order valence-electron chi connectivity index (χ0n) is 21.9. The van der Waals surface area contributed by atoms with Crippen molar-refractivity contribution < 1.29 is 36.0 Å². The summed E-state index contributed by atoms with van der Waals surface area (Å²) >= 11 is 0. The van der Waals surface area contributed by atoms with E-state index in [1.54, 1.807) is 30.3 Å². The van der Waals surface area contributed by atoms with Gasteiger partial charge in [0.1, 0.15) is 22.0 Å². The summed E-state index contributed by atoms with van der Waals surface area (Å²) < 4.78 is 63.1. The lowest BCUT2D eigenvalue weighted by atomic mass is 10.1. The number of ether oxygens (including phenoxy) is 1. The number of carbonyl (C=O) groups is 1. The summed E-state index contributed by atoms with van der Waals surface area (Å²) in [6.45, 7) is -0.505. The molecule has 0 aliphatic rings. The van der Waals surface area contributed by atoms with E-state index in [1.807, 2.05) is 0 Å². The number of esters is 1. The zero-order valence-corrected chi connectivity index (χ0v) is 23.5. The first kappa shape index (κ1) is 30.2. The normalized spacial score (nSPS) is 12.4. The summed E-state index contributed by atoms with van der Waals surface area (Å²) in [6.07, 6.45) is 0. The van der Waals surface area contributed by atoms with Crippen LogP contribution in [0, 0.1) is 0 Å². The molecule has 6 N–H and O–H groups in total. The van der Waals surface area contributed by atoms with E-state index < -0.39 is 48.9 Å². The molecule has 0 fully saturated rings. The Morgan fingerprint density at radius 1 is 0.833 bits per heavy atom. The highest BCUT2D eigenvalue weighted by atomic mass is 32.2. The number of benzene rings is 4. The number of anilines is 2. The minimum absolute atomic E-state index is 0.0527. The van der Waals surface area contributed by atoms with Crippen LogP contribution in [-0.2, 0) is 24.7 Å². The van der Waals surface area contributed by atoms with E-state index in [0.29, 0.717) is 10.8 Å². The van der Waals surface area contributed by atoms with Crippen LogP contribution >= 0.6 is 0 Å². The van der Waals surface area contributed by atoms with Crippen molar-refractivity contribution in [3.63, 3.8) is 0 Å². The van der Waals surface area contributed by atoms with Crippen molar-refractivity contribution in [3.05, 3.63) is 72.3 Å². The molecule has 0 spiro atoms. The number of carbonyl (C=O) groups excluding carboxylic acids is 1. The Bertz CT molecular complexity index is 1980. The maximum atomic E-state index is 12.3. The Hall–Kier alpha value is -4.77. The molecule has 16 heteroatoms. The van der Waals surface area contributed by atoms with E-state index in [2.05, 4.69) is 20.5 Å². The second-order valence-corrected chi connectivity index (χ2v) is 12.2. The standard InChI is InChI=1S/C26H24N6O8S2/c1-40-26(34)19-4-2-3-5-20(19)30-31-21-14-22(42(37,38)39)24(28)25(23(21)27)32-29-17-8-6-16-13-18(9-7-15(16)12-17)41(35,36)11-10-33/h2-9,12-14,33H,10-11,27-28H2,1H3,(H,37,38,39)/b31-30+,32-29+. The molecule has 218 valence electrons. The van der Waals surface area contributed by atoms with E-state index in [9.17, 15) is 26.2 Å². The van der Waals surface area contributed by atoms with Gasteiger partial charge in [-0.2, -0.15) is 13.5 Å². The number of hydrogen-bond acceptors (Lipinski definition) is 13. The van der Waals surface area contributed by atoms with Crippen molar-refractivity contribution in [2.75, 3.05) is 30.9 Å². The Morgan fingerprint density at radius 2 is 1.50 bits per heavy atom. The first-order valence-corrected chi connectivity index (χ1v) is 15.0. The average Bonchev–Trinajstić information content (AvgIpc) is 2.95. The van der Waals surface area contributed by atoms with Gasteiger partial charge in [-0.25, -0.2) is 13.2 Å². The molecule has 4 rings (SSSR count). The lowest BCUT2D eigenvalue weighted by molar-refractivity contribution is 0.0601. The summed E-state index contributed by atoms with van der Waals surface area (Å²) in [5, 5.41) is 26.2. The van der Waals surface area contributed by atoms with Gasteiger partial charge >= 0.3 is 5.97 Å². The number of aliphatic hydroxyl groups excluding tert-OH is 1. The predicted octanol–water partition coefficient (Wildman–Crippen LogP) is 4.63. The van der Waals surface area contributed by atoms with Crippen LogP contribution in [0.4, 0.5) is 34.1 Å². The summed E-state index contributed by atoms with van der Waals surface area (Å²) in [5.74, 6) is -1.09. The Kier molecular flexibility index (Phi) is 8.62. The number of nitrogens with two attached hydrogens (primary N) is 2. The fraction of sp³-hybridized carbons (Fsp3) is 0.115. The van der Waals surface area contributed by atoms with Crippen molar-refractivity contribution >= 4 is 70.8 Å². The van der Waals surface area contributed by atoms with Gasteiger partial charge in [-0.15, -0.1) is 15.3 Å². The molecule has 0 aliphatic heterocycles. The molecule has 0 aliphatic carbocycles. The SMILES string of the molecule is COC(=O)c1ccccc1/N=N/c1cc(S(=O)(=O)O)c(N)c(/N=N/c2ccc3cc(S(=O)(=O)CCO)ccc3c2)c1N. The summed E-state index contributed by atoms with van der Waals surface area (Å²) in [5.41, 5.74) is 11.4. The van der Waals surface area contributed by atoms with E-state index >= 15 is 0 Å². The zero-order chi connectivity index (χ0) is 30.7. The molecule has 0 saturated carbocycles. The van der Waals surface area contributed by atoms with Gasteiger partial charge in [0.2, 0.25) is 0 Å². The Morgan fingerprint density at radius 3 is 2.19 bits per heavy atom. The van der Waals surface area contributed by atoms with E-state index in [0.717, 1.165) is 6.07 Å². The van der Waals surface area contributed by atoms with Gasteiger partial charge < -0.3 is 21.3 Å². The number of nitrogen functional groups attached to an aromatic ring is 2. The average molecular weight is 613 g/mol. The largest absolute Gasteiger partial charge is 0.465 e. The van der Waals surface area contributed by atoms with Crippen LogP contribution in [0.1, 0.15) is 10.4 Å². The molecule has 0 saturated heterocycles. The molecular weight excluding hydrogens is 588 g/mol. The molecule has 0 radical (unpaired) electrons. The van der Waals surface area contributed by atoms with E-state index in [-0.39, 0.29) is 38.9 Å². The van der Waals surface area contributed by atoms with Crippen LogP contribution in [0.15, 0.2) is 97.0 Å². The topological polar surface area (TPSA) is 237 Å². The maximum Gasteiger partial charge on any atom is 0.340 e. The smallest absolute Gasteiger partial charge is 0.340 e. The van der Waals surface area contributed by atoms with Crippen molar-refractivity contribution in [1.29, 1.82) is 0 Å². The van der Waals surface area contributed by atoms with Gasteiger partial charge in [-0.3, -0.25) is 4.55 Å². The minimum Gasteiger partial charge on any atom is -0.465 e. The molecule has 4 aromatic rings. The van der Waals surface area contributed by atoms with Crippen LogP contribution in [-0.4, -0.2) is 51.9 Å². The second kappa shape index (κ2) is 12.0. The Balaban J connectivity index is 1.76. The third-order valence-electron chi connectivity index (χ3n) is 5.95. The highest BCUT2D eigenvalue weighted by Crippen LogP contribution is 2.43.